The number of hydrogen-bond donors (Lipinski definition) is 1. The van der Waals surface area contributed by atoms with E-state index in [2.05, 4.69) is 5.32 Å². The second-order valence-electron chi connectivity index (χ2n) is 7.61. The second-order valence-corrected chi connectivity index (χ2v) is 7.61. The molecule has 0 spiro atoms. The molecule has 0 aliphatic carbocycles. The van der Waals surface area contributed by atoms with Crippen LogP contribution in [0, 0.1) is 0 Å². The molecule has 1 aliphatic heterocycles. The van der Waals surface area contributed by atoms with Gasteiger partial charge in [0.05, 0.1) is 11.3 Å². The molecule has 0 radical (unpaired) electrons. The van der Waals surface area contributed by atoms with E-state index >= 15 is 0 Å². The molecule has 0 bridgehead atoms. The van der Waals surface area contributed by atoms with Crippen molar-refractivity contribution in [1.82, 2.24) is 0 Å². The van der Waals surface area contributed by atoms with Crippen LogP contribution in [0.4, 0.5) is 11.4 Å². The first-order valence-corrected chi connectivity index (χ1v) is 10.6. The summed E-state index contributed by atoms with van der Waals surface area (Å²) in [6.45, 7) is -0.441. The highest BCUT2D eigenvalue weighted by Gasteiger charge is 2.30. The zero-order valence-electron chi connectivity index (χ0n) is 17.8. The average Bonchev–Trinajstić information content (AvgIpc) is 3.17. The van der Waals surface area contributed by atoms with Gasteiger partial charge in [-0.2, -0.15) is 0 Å². The van der Waals surface area contributed by atoms with Gasteiger partial charge in [0.15, 0.2) is 6.61 Å². The number of esters is 1. The number of nitrogens with zero attached hydrogens (tertiary/aromatic N) is 1. The lowest BCUT2D eigenvalue weighted by Crippen LogP contribution is -2.28. The Kier molecular flexibility index (Phi) is 6.59. The molecule has 33 heavy (non-hydrogen) atoms. The number of nitrogens with one attached hydrogen (secondary N) is 1. The minimum atomic E-state index is -0.673. The molecule has 0 saturated carbocycles. The topological polar surface area (TPSA) is 92.8 Å². The summed E-state index contributed by atoms with van der Waals surface area (Å²) in [5.41, 5.74) is 3.35. The van der Waals surface area contributed by atoms with E-state index in [1.807, 2.05) is 48.5 Å². The number of imide groups is 1. The van der Waals surface area contributed by atoms with Gasteiger partial charge in [0.2, 0.25) is 11.8 Å². The monoisotopic (exact) mass is 442 g/mol. The Morgan fingerprint density at radius 2 is 1.45 bits per heavy atom. The predicted molar refractivity (Wildman–Crippen MR) is 123 cm³/mol. The lowest BCUT2D eigenvalue weighted by molar-refractivity contribution is -0.121. The molecule has 4 rings (SSSR count). The summed E-state index contributed by atoms with van der Waals surface area (Å²) in [6, 6.07) is 23.3. The average molecular weight is 442 g/mol. The van der Waals surface area contributed by atoms with Crippen LogP contribution in [0.5, 0.6) is 0 Å². The molecule has 3 amide bonds. The molecule has 1 N–H and O–H groups in total. The van der Waals surface area contributed by atoms with E-state index in [1.165, 1.54) is 24.3 Å². The van der Waals surface area contributed by atoms with Gasteiger partial charge in [0.25, 0.3) is 5.91 Å². The molecule has 1 aliphatic rings. The molecule has 0 unspecified atom stereocenters. The number of carbonyl (C=O) groups is 4. The summed E-state index contributed by atoms with van der Waals surface area (Å²) in [7, 11) is 0. The van der Waals surface area contributed by atoms with E-state index in [0.29, 0.717) is 17.8 Å². The Morgan fingerprint density at radius 3 is 2.15 bits per heavy atom. The van der Waals surface area contributed by atoms with E-state index in [-0.39, 0.29) is 30.2 Å². The minimum Gasteiger partial charge on any atom is -0.452 e. The molecule has 0 aromatic heterocycles. The van der Waals surface area contributed by atoms with Crippen molar-refractivity contribution in [3.63, 3.8) is 0 Å². The van der Waals surface area contributed by atoms with Gasteiger partial charge in [-0.25, -0.2) is 4.79 Å². The molecule has 0 atom stereocenters. The van der Waals surface area contributed by atoms with Gasteiger partial charge in [-0.3, -0.25) is 19.3 Å². The minimum absolute atomic E-state index is 0.187. The number of ether oxygens (including phenoxy) is 1. The Hall–Kier alpha value is -4.26. The van der Waals surface area contributed by atoms with E-state index < -0.39 is 18.5 Å². The first-order valence-electron chi connectivity index (χ1n) is 10.6. The molecule has 3 aromatic carbocycles. The Bertz CT molecular complexity index is 1170. The van der Waals surface area contributed by atoms with Crippen LogP contribution in [0.3, 0.4) is 0 Å². The van der Waals surface area contributed by atoms with E-state index in [0.717, 1.165) is 16.0 Å². The van der Waals surface area contributed by atoms with Crippen LogP contribution in [-0.2, 0) is 25.5 Å². The van der Waals surface area contributed by atoms with Crippen molar-refractivity contribution in [2.45, 2.75) is 19.3 Å². The molecule has 3 aromatic rings. The Balaban J connectivity index is 1.33. The summed E-state index contributed by atoms with van der Waals surface area (Å²) in [5, 5.41) is 2.80. The van der Waals surface area contributed by atoms with Crippen LogP contribution >= 0.6 is 0 Å². The number of carbonyl (C=O) groups excluding carboxylic acids is 4. The summed E-state index contributed by atoms with van der Waals surface area (Å²) < 4.78 is 5.13. The molecular weight excluding hydrogens is 420 g/mol. The first-order chi connectivity index (χ1) is 16.0. The normalized spacial score (nSPS) is 13.2. The third-order valence-corrected chi connectivity index (χ3v) is 5.28. The molecule has 7 heteroatoms. The standard InChI is InChI=1S/C26H22N2O5/c29-23(27-22-9-5-4-8-20(22)16-18-6-2-1-3-7-18)17-33-26(32)19-10-12-21(13-11-19)28-24(30)14-15-25(28)31/h1-13H,14-17H2,(H,27,29). The van der Waals surface area contributed by atoms with E-state index in [9.17, 15) is 19.2 Å². The third kappa shape index (κ3) is 5.33. The van der Waals surface area contributed by atoms with Crippen LogP contribution in [0.2, 0.25) is 0 Å². The van der Waals surface area contributed by atoms with Crippen molar-refractivity contribution in [3.05, 3.63) is 95.6 Å². The van der Waals surface area contributed by atoms with Crippen molar-refractivity contribution in [1.29, 1.82) is 0 Å². The fraction of sp³-hybridized carbons (Fsp3) is 0.154. The van der Waals surface area contributed by atoms with Gasteiger partial charge in [0, 0.05) is 18.5 Å². The summed E-state index contributed by atoms with van der Waals surface area (Å²) >= 11 is 0. The highest BCUT2D eigenvalue weighted by molar-refractivity contribution is 6.19. The van der Waals surface area contributed by atoms with Gasteiger partial charge in [-0.1, -0.05) is 48.5 Å². The number of hydrogen-bond acceptors (Lipinski definition) is 5. The Labute approximate surface area is 191 Å². The summed E-state index contributed by atoms with van der Waals surface area (Å²) in [5.74, 6) is -1.65. The number of amides is 3. The lowest BCUT2D eigenvalue weighted by Gasteiger charge is -2.14. The summed E-state index contributed by atoms with van der Waals surface area (Å²) in [4.78, 5) is 49.5. The third-order valence-electron chi connectivity index (χ3n) is 5.28. The van der Waals surface area contributed by atoms with Crippen LogP contribution in [0.1, 0.15) is 34.3 Å². The van der Waals surface area contributed by atoms with Crippen molar-refractivity contribution < 1.29 is 23.9 Å². The largest absolute Gasteiger partial charge is 0.452 e. The molecule has 166 valence electrons. The highest BCUT2D eigenvalue weighted by Crippen LogP contribution is 2.23. The maximum Gasteiger partial charge on any atom is 0.338 e. The smallest absolute Gasteiger partial charge is 0.338 e. The van der Waals surface area contributed by atoms with Crippen molar-refractivity contribution in [3.8, 4) is 0 Å². The van der Waals surface area contributed by atoms with Gasteiger partial charge in [0.1, 0.15) is 0 Å². The summed E-state index contributed by atoms with van der Waals surface area (Å²) in [6.07, 6.45) is 1.03. The van der Waals surface area contributed by atoms with Gasteiger partial charge < -0.3 is 10.1 Å². The van der Waals surface area contributed by atoms with Gasteiger partial charge >= 0.3 is 5.97 Å². The van der Waals surface area contributed by atoms with Crippen LogP contribution in [0.15, 0.2) is 78.9 Å². The fourth-order valence-electron chi connectivity index (χ4n) is 3.62. The van der Waals surface area contributed by atoms with Gasteiger partial charge in [-0.05, 0) is 47.9 Å². The molecule has 1 saturated heterocycles. The zero-order valence-corrected chi connectivity index (χ0v) is 17.8. The highest BCUT2D eigenvalue weighted by atomic mass is 16.5. The van der Waals surface area contributed by atoms with Crippen LogP contribution in [0.25, 0.3) is 0 Å². The Morgan fingerprint density at radius 1 is 0.818 bits per heavy atom. The number of para-hydroxylation sites is 1. The zero-order chi connectivity index (χ0) is 23.2. The van der Waals surface area contributed by atoms with Crippen molar-refractivity contribution in [2.24, 2.45) is 0 Å². The van der Waals surface area contributed by atoms with E-state index in [1.54, 1.807) is 6.07 Å². The lowest BCUT2D eigenvalue weighted by atomic mass is 10.0. The van der Waals surface area contributed by atoms with Crippen molar-refractivity contribution in [2.75, 3.05) is 16.8 Å². The SMILES string of the molecule is O=C(COC(=O)c1ccc(N2C(=O)CCC2=O)cc1)Nc1ccccc1Cc1ccccc1. The number of benzene rings is 3. The van der Waals surface area contributed by atoms with Crippen molar-refractivity contribution >= 4 is 35.1 Å². The maximum absolute atomic E-state index is 12.4. The first kappa shape index (κ1) is 22.0. The van der Waals surface area contributed by atoms with Crippen LogP contribution in [-0.4, -0.2) is 30.3 Å². The predicted octanol–water partition coefficient (Wildman–Crippen LogP) is 3.73. The number of rotatable bonds is 7. The quantitative estimate of drug-likeness (QED) is 0.445. The maximum atomic E-state index is 12.4. The second kappa shape index (κ2) is 9.91. The molecular formula is C26H22N2O5. The molecule has 1 fully saturated rings. The fourth-order valence-corrected chi connectivity index (χ4v) is 3.62. The van der Waals surface area contributed by atoms with Gasteiger partial charge in [-0.15, -0.1) is 0 Å². The van der Waals surface area contributed by atoms with Crippen LogP contribution < -0.4 is 10.2 Å². The molecule has 7 nitrogen and oxygen atoms in total. The molecule has 1 heterocycles. The van der Waals surface area contributed by atoms with E-state index in [4.69, 9.17) is 4.74 Å². The number of anilines is 2.